The van der Waals surface area contributed by atoms with Gasteiger partial charge in [-0.25, -0.2) is 9.67 Å². The number of hydrogen-bond acceptors (Lipinski definition) is 6. The number of hydrogen-bond donors (Lipinski definition) is 1. The van der Waals surface area contributed by atoms with Crippen LogP contribution in [0.4, 0.5) is 11.4 Å². The van der Waals surface area contributed by atoms with Crippen molar-refractivity contribution in [3.05, 3.63) is 48.0 Å². The number of aromatic nitrogens is 4. The highest BCUT2D eigenvalue weighted by molar-refractivity contribution is 7.12. The monoisotopic (exact) mass is 312 g/mol. The summed E-state index contributed by atoms with van der Waals surface area (Å²) in [5.74, 6) is 0. The van der Waals surface area contributed by atoms with E-state index in [0.717, 1.165) is 29.5 Å². The van der Waals surface area contributed by atoms with Gasteiger partial charge >= 0.3 is 0 Å². The topological polar surface area (TPSA) is 58.9 Å². The summed E-state index contributed by atoms with van der Waals surface area (Å²) in [5, 5.41) is 10.8. The predicted molar refractivity (Wildman–Crippen MR) is 87.6 cm³/mol. The first-order chi connectivity index (χ1) is 10.9. The van der Waals surface area contributed by atoms with Gasteiger partial charge in [-0.2, -0.15) is 5.10 Å². The van der Waals surface area contributed by atoms with Gasteiger partial charge < -0.3 is 10.2 Å². The molecule has 1 aliphatic rings. The minimum absolute atomic E-state index is 0.208. The Balaban J connectivity index is 1.62. The van der Waals surface area contributed by atoms with E-state index in [9.17, 15) is 0 Å². The standard InChI is InChI=1S/C15H16N6S/c1-2-20-13-4-5-16-10-12(13)19-14(20)9-11-3-6-18-21(11)15-17-7-8-22-15/h3-8,10,14,19H,2,9H2,1H3. The van der Waals surface area contributed by atoms with E-state index in [4.69, 9.17) is 0 Å². The quantitative estimate of drug-likeness (QED) is 0.802. The Morgan fingerprint density at radius 3 is 3.05 bits per heavy atom. The molecule has 0 saturated heterocycles. The first-order valence-electron chi connectivity index (χ1n) is 7.27. The maximum absolute atomic E-state index is 4.41. The van der Waals surface area contributed by atoms with Gasteiger partial charge in [0.1, 0.15) is 6.17 Å². The van der Waals surface area contributed by atoms with Crippen LogP contribution in [0.25, 0.3) is 5.13 Å². The molecular formula is C15H16N6S. The van der Waals surface area contributed by atoms with E-state index in [1.165, 1.54) is 5.69 Å². The number of likely N-dealkylation sites (N-methyl/N-ethyl adjacent to an activating group) is 1. The van der Waals surface area contributed by atoms with Crippen LogP contribution in [0.15, 0.2) is 42.3 Å². The van der Waals surface area contributed by atoms with E-state index < -0.39 is 0 Å². The summed E-state index contributed by atoms with van der Waals surface area (Å²) < 4.78 is 1.92. The summed E-state index contributed by atoms with van der Waals surface area (Å²) in [5.41, 5.74) is 3.45. The van der Waals surface area contributed by atoms with Gasteiger partial charge in [-0.1, -0.05) is 0 Å². The third kappa shape index (κ3) is 2.14. The fourth-order valence-corrected chi connectivity index (χ4v) is 3.53. The summed E-state index contributed by atoms with van der Waals surface area (Å²) in [6.45, 7) is 3.11. The maximum Gasteiger partial charge on any atom is 0.210 e. The molecule has 0 amide bonds. The molecule has 4 rings (SSSR count). The molecule has 0 spiro atoms. The molecule has 0 bridgehead atoms. The second kappa shape index (κ2) is 5.42. The third-order valence-corrected chi connectivity index (χ3v) is 4.62. The summed E-state index contributed by atoms with van der Waals surface area (Å²) >= 11 is 1.59. The Hall–Kier alpha value is -2.41. The van der Waals surface area contributed by atoms with Crippen molar-refractivity contribution in [2.75, 3.05) is 16.8 Å². The lowest BCUT2D eigenvalue weighted by Gasteiger charge is -2.25. The second-order valence-corrected chi connectivity index (χ2v) is 5.97. The molecule has 4 heterocycles. The molecule has 3 aromatic heterocycles. The van der Waals surface area contributed by atoms with E-state index in [0.29, 0.717) is 0 Å². The van der Waals surface area contributed by atoms with Crippen molar-refractivity contribution >= 4 is 22.7 Å². The number of pyridine rings is 1. The molecule has 0 radical (unpaired) electrons. The lowest BCUT2D eigenvalue weighted by atomic mass is 10.2. The molecule has 1 aliphatic heterocycles. The Morgan fingerprint density at radius 1 is 1.27 bits per heavy atom. The van der Waals surface area contributed by atoms with Crippen molar-refractivity contribution in [3.63, 3.8) is 0 Å². The smallest absolute Gasteiger partial charge is 0.210 e. The van der Waals surface area contributed by atoms with Gasteiger partial charge in [-0.15, -0.1) is 11.3 Å². The van der Waals surface area contributed by atoms with Crippen LogP contribution in [0.2, 0.25) is 0 Å². The molecular weight excluding hydrogens is 296 g/mol. The van der Waals surface area contributed by atoms with Gasteiger partial charge in [-0.05, 0) is 19.1 Å². The lowest BCUT2D eigenvalue weighted by molar-refractivity contribution is 0.654. The molecule has 0 aromatic carbocycles. The minimum Gasteiger partial charge on any atom is -0.362 e. The van der Waals surface area contributed by atoms with Crippen LogP contribution in [0.1, 0.15) is 12.6 Å². The summed E-state index contributed by atoms with van der Waals surface area (Å²) in [6, 6.07) is 4.11. The van der Waals surface area contributed by atoms with Gasteiger partial charge in [0.2, 0.25) is 5.13 Å². The normalized spacial score (nSPS) is 16.6. The number of anilines is 2. The van der Waals surface area contributed by atoms with Crippen LogP contribution in [-0.2, 0) is 6.42 Å². The van der Waals surface area contributed by atoms with Crippen molar-refractivity contribution in [2.45, 2.75) is 19.5 Å². The van der Waals surface area contributed by atoms with Gasteiger partial charge in [0, 0.05) is 36.9 Å². The first-order valence-corrected chi connectivity index (χ1v) is 8.14. The Labute approximate surface area is 132 Å². The summed E-state index contributed by atoms with van der Waals surface area (Å²) in [6.07, 6.45) is 8.42. The van der Waals surface area contributed by atoms with Crippen LogP contribution < -0.4 is 10.2 Å². The van der Waals surface area contributed by atoms with E-state index >= 15 is 0 Å². The van der Waals surface area contributed by atoms with Gasteiger partial charge in [0.05, 0.1) is 23.3 Å². The SMILES string of the molecule is CCN1c2ccncc2NC1Cc1ccnn1-c1nccs1. The van der Waals surface area contributed by atoms with E-state index in [1.54, 1.807) is 17.5 Å². The van der Waals surface area contributed by atoms with Crippen molar-refractivity contribution in [1.29, 1.82) is 0 Å². The van der Waals surface area contributed by atoms with Crippen molar-refractivity contribution in [3.8, 4) is 5.13 Å². The molecule has 0 aliphatic carbocycles. The lowest BCUT2D eigenvalue weighted by Crippen LogP contribution is -2.37. The highest BCUT2D eigenvalue weighted by Crippen LogP contribution is 2.34. The second-order valence-electron chi connectivity index (χ2n) is 5.09. The number of nitrogens with one attached hydrogen (secondary N) is 1. The minimum atomic E-state index is 0.208. The first kappa shape index (κ1) is 13.3. The van der Waals surface area contributed by atoms with E-state index in [2.05, 4.69) is 44.3 Å². The highest BCUT2D eigenvalue weighted by Gasteiger charge is 2.28. The average molecular weight is 312 g/mol. The fourth-order valence-electron chi connectivity index (χ4n) is 2.90. The molecule has 1 atom stereocenters. The third-order valence-electron chi connectivity index (χ3n) is 3.87. The van der Waals surface area contributed by atoms with E-state index in [1.807, 2.05) is 28.7 Å². The molecule has 3 aromatic rings. The maximum atomic E-state index is 4.41. The molecule has 0 saturated carbocycles. The zero-order chi connectivity index (χ0) is 14.9. The van der Waals surface area contributed by atoms with Crippen LogP contribution in [0, 0.1) is 0 Å². The number of fused-ring (bicyclic) bond motifs is 1. The van der Waals surface area contributed by atoms with Crippen molar-refractivity contribution in [1.82, 2.24) is 19.7 Å². The molecule has 0 fully saturated rings. The predicted octanol–water partition coefficient (Wildman–Crippen LogP) is 2.54. The van der Waals surface area contributed by atoms with Crippen molar-refractivity contribution in [2.24, 2.45) is 0 Å². The van der Waals surface area contributed by atoms with Gasteiger partial charge in [-0.3, -0.25) is 4.98 Å². The van der Waals surface area contributed by atoms with E-state index in [-0.39, 0.29) is 6.17 Å². The number of rotatable bonds is 4. The zero-order valence-electron chi connectivity index (χ0n) is 12.2. The Kier molecular flexibility index (Phi) is 3.27. The number of thiazole rings is 1. The van der Waals surface area contributed by atoms with Crippen LogP contribution in [0.3, 0.4) is 0 Å². The zero-order valence-corrected chi connectivity index (χ0v) is 13.0. The Bertz CT molecular complexity index is 766. The number of nitrogens with zero attached hydrogens (tertiary/aromatic N) is 5. The molecule has 1 N–H and O–H groups in total. The van der Waals surface area contributed by atoms with Crippen molar-refractivity contribution < 1.29 is 0 Å². The van der Waals surface area contributed by atoms with Gasteiger partial charge in [0.15, 0.2) is 0 Å². The molecule has 22 heavy (non-hydrogen) atoms. The van der Waals surface area contributed by atoms with Crippen LogP contribution >= 0.6 is 11.3 Å². The largest absolute Gasteiger partial charge is 0.362 e. The van der Waals surface area contributed by atoms with Crippen LogP contribution in [0.5, 0.6) is 0 Å². The molecule has 6 nitrogen and oxygen atoms in total. The average Bonchev–Trinajstić information content (AvgIpc) is 3.26. The van der Waals surface area contributed by atoms with Gasteiger partial charge in [0.25, 0.3) is 0 Å². The highest BCUT2D eigenvalue weighted by atomic mass is 32.1. The van der Waals surface area contributed by atoms with Crippen LogP contribution in [-0.4, -0.2) is 32.5 Å². The molecule has 112 valence electrons. The molecule has 7 heteroatoms. The molecule has 1 unspecified atom stereocenters. The Morgan fingerprint density at radius 2 is 2.23 bits per heavy atom. The fraction of sp³-hybridized carbons (Fsp3) is 0.267. The summed E-state index contributed by atoms with van der Waals surface area (Å²) in [4.78, 5) is 10.9. The summed E-state index contributed by atoms with van der Waals surface area (Å²) in [7, 11) is 0.